The summed E-state index contributed by atoms with van der Waals surface area (Å²) in [5.41, 5.74) is 1.57. The normalized spacial score (nSPS) is 13.8. The molecule has 0 spiro atoms. The molecule has 7 nitrogen and oxygen atoms in total. The summed E-state index contributed by atoms with van der Waals surface area (Å²) in [5, 5.41) is 18.6. The number of aromatic nitrogens is 3. The van der Waals surface area contributed by atoms with Crippen LogP contribution in [0.15, 0.2) is 85.2 Å². The molecule has 3 heterocycles. The molecule has 1 aliphatic rings. The number of carbonyl (C=O) groups excluding carboxylic acids is 2. The van der Waals surface area contributed by atoms with Gasteiger partial charge in [-0.05, 0) is 42.6 Å². The van der Waals surface area contributed by atoms with E-state index in [2.05, 4.69) is 5.10 Å². The van der Waals surface area contributed by atoms with Gasteiger partial charge in [0.05, 0.1) is 17.1 Å². The number of carbonyl (C=O) groups is 2. The molecule has 2 amide bonds. The highest BCUT2D eigenvalue weighted by Crippen LogP contribution is 2.38. The van der Waals surface area contributed by atoms with Crippen LogP contribution < -0.4 is 14.6 Å². The molecule has 0 atom stereocenters. The van der Waals surface area contributed by atoms with E-state index in [1.54, 1.807) is 89.8 Å². The van der Waals surface area contributed by atoms with Crippen molar-refractivity contribution in [2.75, 3.05) is 4.90 Å². The topological polar surface area (TPSA) is 82.1 Å². The van der Waals surface area contributed by atoms with E-state index < -0.39 is 17.7 Å². The Kier molecular flexibility index (Phi) is 5.47. The Hall–Kier alpha value is -4.23. The first-order valence-corrected chi connectivity index (χ1v) is 11.1. The first-order valence-electron chi connectivity index (χ1n) is 10.7. The summed E-state index contributed by atoms with van der Waals surface area (Å²) < 4.78 is 2.79. The Morgan fingerprint density at radius 2 is 1.59 bits per heavy atom. The highest BCUT2D eigenvalue weighted by atomic mass is 35.5. The Morgan fingerprint density at radius 3 is 2.26 bits per heavy atom. The van der Waals surface area contributed by atoms with Crippen LogP contribution in [0.2, 0.25) is 5.02 Å². The summed E-state index contributed by atoms with van der Waals surface area (Å²) in [7, 11) is 0. The number of hydrogen-bond acceptors (Lipinski definition) is 4. The number of para-hydroxylation sites is 1. The molecule has 0 saturated heterocycles. The van der Waals surface area contributed by atoms with E-state index in [-0.39, 0.29) is 16.8 Å². The lowest BCUT2D eigenvalue weighted by Crippen LogP contribution is -2.39. The lowest BCUT2D eigenvalue weighted by molar-refractivity contribution is -0.576. The van der Waals surface area contributed by atoms with Crippen LogP contribution in [0.25, 0.3) is 17.0 Å². The molecule has 1 aliphatic heterocycles. The molecule has 8 heteroatoms. The zero-order valence-corrected chi connectivity index (χ0v) is 18.9. The van der Waals surface area contributed by atoms with Gasteiger partial charge in [0.15, 0.2) is 12.4 Å². The number of imide groups is 1. The van der Waals surface area contributed by atoms with E-state index in [4.69, 9.17) is 11.6 Å². The zero-order chi connectivity index (χ0) is 23.8. The van der Waals surface area contributed by atoms with E-state index in [0.717, 1.165) is 4.90 Å². The number of nitrogens with zero attached hydrogens (tertiary/aromatic N) is 4. The van der Waals surface area contributed by atoms with Crippen LogP contribution in [0, 0.1) is 0 Å². The monoisotopic (exact) mass is 470 g/mol. The van der Waals surface area contributed by atoms with E-state index in [1.165, 1.54) is 4.68 Å². The van der Waals surface area contributed by atoms with Gasteiger partial charge in [0, 0.05) is 22.7 Å². The molecule has 0 N–H and O–H groups in total. The van der Waals surface area contributed by atoms with Crippen LogP contribution in [0.3, 0.4) is 0 Å². The second-order valence-corrected chi connectivity index (χ2v) is 8.10. The Labute approximate surface area is 200 Å². The van der Waals surface area contributed by atoms with Crippen molar-refractivity contribution >= 4 is 40.4 Å². The van der Waals surface area contributed by atoms with Crippen LogP contribution >= 0.6 is 11.6 Å². The van der Waals surface area contributed by atoms with Gasteiger partial charge in [0.25, 0.3) is 11.6 Å². The lowest BCUT2D eigenvalue weighted by Gasteiger charge is -2.15. The Morgan fingerprint density at radius 1 is 0.912 bits per heavy atom. The molecule has 2 aromatic carbocycles. The van der Waals surface area contributed by atoms with Crippen LogP contribution in [-0.2, 0) is 16.0 Å². The minimum absolute atomic E-state index is 0.0279. The fourth-order valence-electron chi connectivity index (χ4n) is 4.07. The molecule has 0 aliphatic carbocycles. The van der Waals surface area contributed by atoms with Crippen molar-refractivity contribution in [3.05, 3.63) is 101 Å². The molecule has 34 heavy (non-hydrogen) atoms. The van der Waals surface area contributed by atoms with Crippen molar-refractivity contribution in [2.24, 2.45) is 0 Å². The maximum Gasteiger partial charge on any atom is 0.331 e. The molecular formula is C26H19ClN4O3. The van der Waals surface area contributed by atoms with Crippen LogP contribution in [0.4, 0.5) is 5.69 Å². The summed E-state index contributed by atoms with van der Waals surface area (Å²) in [6.07, 6.45) is 3.74. The van der Waals surface area contributed by atoms with Gasteiger partial charge in [-0.3, -0.25) is 9.59 Å². The molecule has 0 radical (unpaired) electrons. The van der Waals surface area contributed by atoms with Gasteiger partial charge in [0.1, 0.15) is 5.57 Å². The van der Waals surface area contributed by atoms with E-state index in [0.29, 0.717) is 28.5 Å². The minimum Gasteiger partial charge on any atom is -0.858 e. The zero-order valence-electron chi connectivity index (χ0n) is 18.2. The first-order chi connectivity index (χ1) is 16.5. The molecule has 0 saturated carbocycles. The van der Waals surface area contributed by atoms with Gasteiger partial charge in [0.2, 0.25) is 0 Å². The lowest BCUT2D eigenvalue weighted by atomic mass is 10.0. The number of halogens is 1. The predicted molar refractivity (Wildman–Crippen MR) is 126 cm³/mol. The number of rotatable bonds is 5. The molecule has 4 aromatic rings. The summed E-state index contributed by atoms with van der Waals surface area (Å²) in [6.45, 7) is 1.85. The summed E-state index contributed by atoms with van der Waals surface area (Å²) in [4.78, 5) is 28.5. The quantitative estimate of drug-likeness (QED) is 0.330. The SMILES string of the molecule is CCc1nn(-c2cccc(Cl)c2)c([O-])c1C1=C([n+]2ccccc2)C(=O)N(c2ccccc2)C1=O. The number of amides is 2. The van der Waals surface area contributed by atoms with Crippen LogP contribution in [-0.4, -0.2) is 21.6 Å². The minimum atomic E-state index is -0.569. The van der Waals surface area contributed by atoms with Gasteiger partial charge in [-0.1, -0.05) is 48.9 Å². The molecular weight excluding hydrogens is 452 g/mol. The fourth-order valence-corrected chi connectivity index (χ4v) is 4.25. The predicted octanol–water partition coefficient (Wildman–Crippen LogP) is 3.39. The number of aryl methyl sites for hydroxylation is 1. The number of pyridine rings is 1. The van der Waals surface area contributed by atoms with Crippen molar-refractivity contribution in [1.82, 2.24) is 9.78 Å². The largest absolute Gasteiger partial charge is 0.858 e. The third-order valence-corrected chi connectivity index (χ3v) is 5.84. The standard InChI is InChI=1S/C26H19ClN4O3/c1-2-20-21(25(33)31(28-20)19-13-9-10-17(27)16-19)22-23(29-14-7-4-8-15-29)26(34)30(24(22)32)18-11-5-3-6-12-18/h3-16H,2H2,1H3. The van der Waals surface area contributed by atoms with Crippen LogP contribution in [0.1, 0.15) is 18.2 Å². The van der Waals surface area contributed by atoms with Crippen molar-refractivity contribution in [3.8, 4) is 11.6 Å². The number of hydrogen-bond donors (Lipinski definition) is 0. The van der Waals surface area contributed by atoms with Gasteiger partial charge < -0.3 is 5.11 Å². The number of anilines is 1. The summed E-state index contributed by atoms with van der Waals surface area (Å²) in [5.74, 6) is -1.57. The molecule has 5 rings (SSSR count). The molecule has 0 fully saturated rings. The maximum absolute atomic E-state index is 13.8. The van der Waals surface area contributed by atoms with Gasteiger partial charge >= 0.3 is 5.91 Å². The molecule has 0 unspecified atom stereocenters. The smallest absolute Gasteiger partial charge is 0.331 e. The van der Waals surface area contributed by atoms with Gasteiger partial charge in [-0.25, -0.2) is 9.58 Å². The highest BCUT2D eigenvalue weighted by molar-refractivity contribution is 6.53. The molecule has 168 valence electrons. The van der Waals surface area contributed by atoms with Gasteiger partial charge in [-0.2, -0.15) is 9.67 Å². The van der Waals surface area contributed by atoms with Crippen molar-refractivity contribution < 1.29 is 19.3 Å². The van der Waals surface area contributed by atoms with Gasteiger partial charge in [-0.15, -0.1) is 0 Å². The third kappa shape index (κ3) is 3.47. The maximum atomic E-state index is 13.8. The molecule has 0 bridgehead atoms. The second-order valence-electron chi connectivity index (χ2n) is 7.66. The average molecular weight is 471 g/mol. The van der Waals surface area contributed by atoms with Crippen LogP contribution in [0.5, 0.6) is 5.88 Å². The third-order valence-electron chi connectivity index (χ3n) is 5.60. The number of benzene rings is 2. The van der Waals surface area contributed by atoms with Crippen molar-refractivity contribution in [2.45, 2.75) is 13.3 Å². The Balaban J connectivity index is 1.77. The second kappa shape index (κ2) is 8.61. The van der Waals surface area contributed by atoms with E-state index in [1.807, 2.05) is 6.92 Å². The van der Waals surface area contributed by atoms with Crippen molar-refractivity contribution in [1.29, 1.82) is 0 Å². The summed E-state index contributed by atoms with van der Waals surface area (Å²) in [6, 6.07) is 20.7. The van der Waals surface area contributed by atoms with Crippen molar-refractivity contribution in [3.63, 3.8) is 0 Å². The fraction of sp³-hybridized carbons (Fsp3) is 0.0769. The first kappa shape index (κ1) is 21.6. The molecule has 2 aromatic heterocycles. The highest BCUT2D eigenvalue weighted by Gasteiger charge is 2.47. The Bertz CT molecular complexity index is 1450. The van der Waals surface area contributed by atoms with E-state index in [9.17, 15) is 14.7 Å². The average Bonchev–Trinajstić information content (AvgIpc) is 3.32. The summed E-state index contributed by atoms with van der Waals surface area (Å²) >= 11 is 6.13. The van der Waals surface area contributed by atoms with E-state index >= 15 is 0 Å².